The molecular formula is C17H16FNO3. The van der Waals surface area contributed by atoms with E-state index in [1.807, 2.05) is 13.0 Å². The Morgan fingerprint density at radius 3 is 2.45 bits per heavy atom. The lowest BCUT2D eigenvalue weighted by Crippen LogP contribution is -2.18. The largest absolute Gasteiger partial charge is 0.486 e. The first-order valence-corrected chi connectivity index (χ1v) is 7.06. The molecule has 4 nitrogen and oxygen atoms in total. The van der Waals surface area contributed by atoms with Crippen LogP contribution >= 0.6 is 0 Å². The van der Waals surface area contributed by atoms with Gasteiger partial charge >= 0.3 is 0 Å². The highest BCUT2D eigenvalue weighted by Gasteiger charge is 2.15. The number of rotatable bonds is 3. The van der Waals surface area contributed by atoms with Crippen LogP contribution in [-0.2, 0) is 11.2 Å². The molecular weight excluding hydrogens is 285 g/mol. The highest BCUT2D eigenvalue weighted by Crippen LogP contribution is 2.35. The van der Waals surface area contributed by atoms with E-state index in [4.69, 9.17) is 9.47 Å². The first kappa shape index (κ1) is 14.4. The van der Waals surface area contributed by atoms with Gasteiger partial charge in [0.2, 0.25) is 5.91 Å². The van der Waals surface area contributed by atoms with E-state index in [2.05, 4.69) is 5.32 Å². The summed E-state index contributed by atoms with van der Waals surface area (Å²) in [4.78, 5) is 12.1. The van der Waals surface area contributed by atoms with Gasteiger partial charge in [-0.15, -0.1) is 0 Å². The molecule has 0 bridgehead atoms. The quantitative estimate of drug-likeness (QED) is 0.947. The second kappa shape index (κ2) is 6.05. The Balaban J connectivity index is 1.72. The first-order chi connectivity index (χ1) is 10.6. The van der Waals surface area contributed by atoms with Crippen LogP contribution in [0.1, 0.15) is 11.1 Å². The SMILES string of the molecule is Cc1cc2c(cc1NC(=O)Cc1ccc(F)cc1)OCCO2. The molecule has 0 spiro atoms. The van der Waals surface area contributed by atoms with Crippen LogP contribution in [0.2, 0.25) is 0 Å². The second-order valence-electron chi connectivity index (χ2n) is 5.16. The summed E-state index contributed by atoms with van der Waals surface area (Å²) >= 11 is 0. The zero-order valence-electron chi connectivity index (χ0n) is 12.2. The van der Waals surface area contributed by atoms with Gasteiger partial charge in [-0.25, -0.2) is 4.39 Å². The Labute approximate surface area is 127 Å². The molecule has 1 aliphatic rings. The molecule has 0 saturated heterocycles. The normalized spacial score (nSPS) is 12.8. The molecule has 0 aromatic heterocycles. The number of nitrogens with one attached hydrogen (secondary N) is 1. The standard InChI is InChI=1S/C17H16FNO3/c1-11-8-15-16(22-7-6-21-15)10-14(11)19-17(20)9-12-2-4-13(18)5-3-12/h2-5,8,10H,6-7,9H2,1H3,(H,19,20). The molecule has 1 amide bonds. The van der Waals surface area contributed by atoms with Gasteiger partial charge in [0.15, 0.2) is 11.5 Å². The zero-order valence-corrected chi connectivity index (χ0v) is 12.2. The Morgan fingerprint density at radius 1 is 1.14 bits per heavy atom. The number of benzene rings is 2. The van der Waals surface area contributed by atoms with Crippen LogP contribution < -0.4 is 14.8 Å². The van der Waals surface area contributed by atoms with Gasteiger partial charge in [-0.05, 0) is 36.2 Å². The lowest BCUT2D eigenvalue weighted by atomic mass is 10.1. The summed E-state index contributed by atoms with van der Waals surface area (Å²) in [5.74, 6) is 0.854. The van der Waals surface area contributed by atoms with Crippen molar-refractivity contribution >= 4 is 11.6 Å². The lowest BCUT2D eigenvalue weighted by molar-refractivity contribution is -0.115. The molecule has 3 rings (SSSR count). The third kappa shape index (κ3) is 3.19. The number of fused-ring (bicyclic) bond motifs is 1. The number of amides is 1. The fraction of sp³-hybridized carbons (Fsp3) is 0.235. The Kier molecular flexibility index (Phi) is 3.96. The number of carbonyl (C=O) groups excluding carboxylic acids is 1. The van der Waals surface area contributed by atoms with Crippen LogP contribution in [0.3, 0.4) is 0 Å². The van der Waals surface area contributed by atoms with Crippen molar-refractivity contribution in [2.45, 2.75) is 13.3 Å². The van der Waals surface area contributed by atoms with E-state index in [0.717, 1.165) is 11.1 Å². The zero-order chi connectivity index (χ0) is 15.5. The van der Waals surface area contributed by atoms with Crippen molar-refractivity contribution in [2.75, 3.05) is 18.5 Å². The van der Waals surface area contributed by atoms with Crippen LogP contribution in [0.5, 0.6) is 11.5 Å². The third-order valence-electron chi connectivity index (χ3n) is 3.44. The molecule has 0 aliphatic carbocycles. The van der Waals surface area contributed by atoms with Crippen molar-refractivity contribution in [3.8, 4) is 11.5 Å². The van der Waals surface area contributed by atoms with Crippen molar-refractivity contribution in [3.63, 3.8) is 0 Å². The predicted molar refractivity (Wildman–Crippen MR) is 80.9 cm³/mol. The molecule has 2 aromatic carbocycles. The van der Waals surface area contributed by atoms with Crippen molar-refractivity contribution in [3.05, 3.63) is 53.3 Å². The summed E-state index contributed by atoms with van der Waals surface area (Å²) in [6, 6.07) is 9.52. The fourth-order valence-electron chi connectivity index (χ4n) is 2.31. The van der Waals surface area contributed by atoms with Crippen LogP contribution in [0.15, 0.2) is 36.4 Å². The van der Waals surface area contributed by atoms with Crippen molar-refractivity contribution in [1.82, 2.24) is 0 Å². The Hall–Kier alpha value is -2.56. The number of halogens is 1. The summed E-state index contributed by atoms with van der Waals surface area (Å²) in [5, 5.41) is 2.86. The number of ether oxygens (including phenoxy) is 2. The van der Waals surface area contributed by atoms with Gasteiger partial charge < -0.3 is 14.8 Å². The second-order valence-corrected chi connectivity index (χ2v) is 5.16. The average molecular weight is 301 g/mol. The Morgan fingerprint density at radius 2 is 1.77 bits per heavy atom. The number of hydrogen-bond donors (Lipinski definition) is 1. The summed E-state index contributed by atoms with van der Waals surface area (Å²) in [6.45, 7) is 2.92. The summed E-state index contributed by atoms with van der Waals surface area (Å²) < 4.78 is 23.9. The van der Waals surface area contributed by atoms with Crippen molar-refractivity contribution in [2.24, 2.45) is 0 Å². The van der Waals surface area contributed by atoms with Gasteiger partial charge in [0, 0.05) is 11.8 Å². The number of hydrogen-bond acceptors (Lipinski definition) is 3. The van der Waals surface area contributed by atoms with E-state index < -0.39 is 0 Å². The van der Waals surface area contributed by atoms with Crippen molar-refractivity contribution < 1.29 is 18.7 Å². The van der Waals surface area contributed by atoms with E-state index >= 15 is 0 Å². The minimum Gasteiger partial charge on any atom is -0.486 e. The maximum Gasteiger partial charge on any atom is 0.228 e. The van der Waals surface area contributed by atoms with Crippen LogP contribution in [0, 0.1) is 12.7 Å². The molecule has 114 valence electrons. The average Bonchev–Trinajstić information content (AvgIpc) is 2.50. The van der Waals surface area contributed by atoms with Gasteiger partial charge in [0.25, 0.3) is 0 Å². The maximum absolute atomic E-state index is 12.9. The predicted octanol–water partition coefficient (Wildman–Crippen LogP) is 3.09. The highest BCUT2D eigenvalue weighted by molar-refractivity contribution is 5.93. The maximum atomic E-state index is 12.9. The molecule has 22 heavy (non-hydrogen) atoms. The number of aryl methyl sites for hydroxylation is 1. The molecule has 0 radical (unpaired) electrons. The minimum atomic E-state index is -0.313. The lowest BCUT2D eigenvalue weighted by Gasteiger charge is -2.20. The highest BCUT2D eigenvalue weighted by atomic mass is 19.1. The molecule has 0 unspecified atom stereocenters. The van der Waals surface area contributed by atoms with E-state index in [1.54, 1.807) is 18.2 Å². The summed E-state index contributed by atoms with van der Waals surface area (Å²) in [5.41, 5.74) is 2.35. The minimum absolute atomic E-state index is 0.161. The molecule has 2 aromatic rings. The van der Waals surface area contributed by atoms with Crippen LogP contribution in [0.25, 0.3) is 0 Å². The van der Waals surface area contributed by atoms with Gasteiger partial charge in [0.1, 0.15) is 19.0 Å². The van der Waals surface area contributed by atoms with E-state index in [-0.39, 0.29) is 18.1 Å². The smallest absolute Gasteiger partial charge is 0.228 e. The van der Waals surface area contributed by atoms with Crippen molar-refractivity contribution in [1.29, 1.82) is 0 Å². The van der Waals surface area contributed by atoms with Gasteiger partial charge in [0.05, 0.1) is 6.42 Å². The first-order valence-electron chi connectivity index (χ1n) is 7.06. The summed E-state index contributed by atoms with van der Waals surface area (Å²) in [7, 11) is 0. The van der Waals surface area contributed by atoms with Gasteiger partial charge in [-0.2, -0.15) is 0 Å². The van der Waals surface area contributed by atoms with E-state index in [9.17, 15) is 9.18 Å². The molecule has 0 saturated carbocycles. The van der Waals surface area contributed by atoms with Gasteiger partial charge in [-0.3, -0.25) is 4.79 Å². The molecule has 1 heterocycles. The third-order valence-corrected chi connectivity index (χ3v) is 3.44. The molecule has 1 aliphatic heterocycles. The Bertz CT molecular complexity index is 698. The fourth-order valence-corrected chi connectivity index (χ4v) is 2.31. The van der Waals surface area contributed by atoms with Crippen LogP contribution in [-0.4, -0.2) is 19.1 Å². The monoisotopic (exact) mass is 301 g/mol. The van der Waals surface area contributed by atoms with Gasteiger partial charge in [-0.1, -0.05) is 12.1 Å². The molecule has 0 fully saturated rings. The molecule has 0 atom stereocenters. The number of anilines is 1. The molecule has 5 heteroatoms. The van der Waals surface area contributed by atoms with E-state index in [0.29, 0.717) is 30.4 Å². The topological polar surface area (TPSA) is 47.6 Å². The van der Waals surface area contributed by atoms with Crippen LogP contribution in [0.4, 0.5) is 10.1 Å². The van der Waals surface area contributed by atoms with E-state index in [1.165, 1.54) is 12.1 Å². The molecule has 1 N–H and O–H groups in total. The summed E-state index contributed by atoms with van der Waals surface area (Å²) in [6.07, 6.45) is 0.189. The number of carbonyl (C=O) groups is 1.